The zero-order valence-electron chi connectivity index (χ0n) is 13.7. The van der Waals surface area contributed by atoms with Crippen LogP contribution in [0.4, 0.5) is 0 Å². The minimum absolute atomic E-state index is 0.138. The summed E-state index contributed by atoms with van der Waals surface area (Å²) in [5.74, 6) is -2.17. The molecule has 1 aliphatic rings. The van der Waals surface area contributed by atoms with E-state index in [0.717, 1.165) is 0 Å². The van der Waals surface area contributed by atoms with Crippen LogP contribution in [0.3, 0.4) is 0 Å². The number of nitrogens with one attached hydrogen (secondary N) is 2. The lowest BCUT2D eigenvalue weighted by atomic mass is 10.1. The molecular weight excluding hydrogens is 364 g/mol. The summed E-state index contributed by atoms with van der Waals surface area (Å²) in [5, 5.41) is 14.1. The number of nitrogens with zero attached hydrogens (tertiary/aromatic N) is 2. The maximum Gasteiger partial charge on any atom is 0.323 e. The van der Waals surface area contributed by atoms with Gasteiger partial charge in [-0.25, -0.2) is 4.98 Å². The molecule has 26 heavy (non-hydrogen) atoms. The van der Waals surface area contributed by atoms with Gasteiger partial charge in [-0.1, -0.05) is 11.6 Å². The second kappa shape index (κ2) is 6.75. The second-order valence-electron chi connectivity index (χ2n) is 5.91. The number of carboxylic acids is 1. The Labute approximate surface area is 152 Å². The molecule has 1 atom stereocenters. The van der Waals surface area contributed by atoms with E-state index in [2.05, 4.69) is 15.6 Å². The molecular formula is C16H15ClN4O5. The van der Waals surface area contributed by atoms with Crippen molar-refractivity contribution >= 4 is 46.3 Å². The van der Waals surface area contributed by atoms with Gasteiger partial charge >= 0.3 is 5.97 Å². The molecule has 2 aromatic rings. The Hall–Kier alpha value is -2.94. The molecule has 9 nitrogen and oxygen atoms in total. The van der Waals surface area contributed by atoms with Crippen molar-refractivity contribution in [2.24, 2.45) is 0 Å². The molecule has 2 heterocycles. The number of aromatic nitrogens is 2. The smallest absolute Gasteiger partial charge is 0.323 e. The van der Waals surface area contributed by atoms with Gasteiger partial charge in [-0.3, -0.25) is 24.5 Å². The number of benzene rings is 1. The molecule has 3 N–H and O–H groups in total. The molecule has 3 rings (SSSR count). The Bertz CT molecular complexity index is 952. The first kappa shape index (κ1) is 17.9. The van der Waals surface area contributed by atoms with Crippen molar-refractivity contribution in [2.45, 2.75) is 32.4 Å². The minimum Gasteiger partial charge on any atom is -0.480 e. The van der Waals surface area contributed by atoms with E-state index in [4.69, 9.17) is 16.7 Å². The first-order chi connectivity index (χ1) is 12.3. The summed E-state index contributed by atoms with van der Waals surface area (Å²) in [6, 6.07) is 2.11. The first-order valence-electron chi connectivity index (χ1n) is 7.79. The number of imide groups is 1. The van der Waals surface area contributed by atoms with Crippen LogP contribution in [-0.4, -0.2) is 44.4 Å². The predicted octanol–water partition coefficient (Wildman–Crippen LogP) is 0.618. The van der Waals surface area contributed by atoms with Gasteiger partial charge in [-0.15, -0.1) is 0 Å². The lowest BCUT2D eigenvalue weighted by molar-refractivity contribution is -0.138. The lowest BCUT2D eigenvalue weighted by Crippen LogP contribution is -2.52. The third-order valence-electron chi connectivity index (χ3n) is 4.12. The maximum absolute atomic E-state index is 12.6. The van der Waals surface area contributed by atoms with Crippen molar-refractivity contribution in [1.82, 2.24) is 20.2 Å². The lowest BCUT2D eigenvalue weighted by Gasteiger charge is -2.21. The summed E-state index contributed by atoms with van der Waals surface area (Å²) in [6.07, 6.45) is 0.346. The Balaban J connectivity index is 1.96. The summed E-state index contributed by atoms with van der Waals surface area (Å²) < 4.78 is 1.41. The van der Waals surface area contributed by atoms with Gasteiger partial charge in [0.05, 0.1) is 16.1 Å². The Morgan fingerprint density at radius 2 is 2.15 bits per heavy atom. The standard InChI is InChI=1S/C16H15ClN4O5/c1-7-18-13-8(2-3-9(17)14(13)21(7)6-12(23)24)15(25)19-10-4-5-11(22)20-16(10)26/h2-3,10H,4-6H2,1H3,(H,19,25)(H,23,24)(H,20,22,26). The highest BCUT2D eigenvalue weighted by Gasteiger charge is 2.29. The molecule has 0 bridgehead atoms. The molecule has 0 spiro atoms. The van der Waals surface area contributed by atoms with Crippen molar-refractivity contribution in [3.63, 3.8) is 0 Å². The van der Waals surface area contributed by atoms with Gasteiger partial charge in [0.15, 0.2) is 0 Å². The van der Waals surface area contributed by atoms with Crippen molar-refractivity contribution in [3.8, 4) is 0 Å². The number of amides is 3. The largest absolute Gasteiger partial charge is 0.480 e. The average molecular weight is 379 g/mol. The molecule has 1 aliphatic heterocycles. The number of carboxylic acid groups (broad SMARTS) is 1. The fourth-order valence-electron chi connectivity index (χ4n) is 2.89. The van der Waals surface area contributed by atoms with Crippen LogP contribution >= 0.6 is 11.6 Å². The van der Waals surface area contributed by atoms with Crippen LogP contribution in [-0.2, 0) is 20.9 Å². The van der Waals surface area contributed by atoms with Crippen LogP contribution in [0, 0.1) is 6.92 Å². The van der Waals surface area contributed by atoms with Crippen LogP contribution in [0.2, 0.25) is 5.02 Å². The quantitative estimate of drug-likeness (QED) is 0.668. The number of aliphatic carboxylic acids is 1. The molecule has 1 aromatic heterocycles. The molecule has 0 aliphatic carbocycles. The molecule has 10 heteroatoms. The molecule has 1 aromatic carbocycles. The van der Waals surface area contributed by atoms with Gasteiger partial charge in [0.25, 0.3) is 5.91 Å². The van der Waals surface area contributed by atoms with Gasteiger partial charge in [0, 0.05) is 6.42 Å². The molecule has 0 saturated carbocycles. The van der Waals surface area contributed by atoms with Gasteiger partial charge in [0.2, 0.25) is 11.8 Å². The average Bonchev–Trinajstić information content (AvgIpc) is 2.87. The van der Waals surface area contributed by atoms with Crippen molar-refractivity contribution in [1.29, 1.82) is 0 Å². The third-order valence-corrected chi connectivity index (χ3v) is 4.42. The first-order valence-corrected chi connectivity index (χ1v) is 8.17. The number of carbonyl (C=O) groups excluding carboxylic acids is 3. The Morgan fingerprint density at radius 1 is 1.42 bits per heavy atom. The highest BCUT2D eigenvalue weighted by atomic mass is 35.5. The molecule has 0 radical (unpaired) electrons. The molecule has 3 amide bonds. The molecule has 1 saturated heterocycles. The fourth-order valence-corrected chi connectivity index (χ4v) is 3.14. The van der Waals surface area contributed by atoms with E-state index >= 15 is 0 Å². The zero-order chi connectivity index (χ0) is 19.0. The van der Waals surface area contributed by atoms with E-state index < -0.39 is 23.8 Å². The number of rotatable bonds is 4. The highest BCUT2D eigenvalue weighted by Crippen LogP contribution is 2.28. The third kappa shape index (κ3) is 3.25. The normalized spacial score (nSPS) is 17.2. The van der Waals surface area contributed by atoms with Crippen LogP contribution < -0.4 is 10.6 Å². The maximum atomic E-state index is 12.6. The number of hydrogen-bond donors (Lipinski definition) is 3. The van der Waals surface area contributed by atoms with Gasteiger partial charge in [-0.2, -0.15) is 0 Å². The Kier molecular flexibility index (Phi) is 4.64. The topological polar surface area (TPSA) is 130 Å². The van der Waals surface area contributed by atoms with E-state index in [9.17, 15) is 19.2 Å². The molecule has 1 unspecified atom stereocenters. The van der Waals surface area contributed by atoms with Crippen LogP contribution in [0.15, 0.2) is 12.1 Å². The minimum atomic E-state index is -1.07. The number of imidazole rings is 1. The van der Waals surface area contributed by atoms with E-state index in [-0.39, 0.29) is 41.4 Å². The summed E-state index contributed by atoms with van der Waals surface area (Å²) in [4.78, 5) is 51.0. The van der Waals surface area contributed by atoms with Crippen LogP contribution in [0.1, 0.15) is 29.0 Å². The number of carbonyl (C=O) groups is 4. The summed E-state index contributed by atoms with van der Waals surface area (Å²) >= 11 is 6.18. The number of halogens is 1. The SMILES string of the molecule is Cc1nc2c(C(=O)NC3CCC(=O)NC3=O)ccc(Cl)c2n1CC(=O)O. The van der Waals surface area contributed by atoms with Gasteiger partial charge in [-0.05, 0) is 25.5 Å². The number of aryl methyl sites for hydroxylation is 1. The number of hydrogen-bond acceptors (Lipinski definition) is 5. The Morgan fingerprint density at radius 3 is 2.81 bits per heavy atom. The van der Waals surface area contributed by atoms with E-state index in [1.54, 1.807) is 6.92 Å². The summed E-state index contributed by atoms with van der Waals surface area (Å²) in [6.45, 7) is 1.27. The predicted molar refractivity (Wildman–Crippen MR) is 90.8 cm³/mol. The van der Waals surface area contributed by atoms with Crippen LogP contribution in [0.5, 0.6) is 0 Å². The summed E-state index contributed by atoms with van der Waals surface area (Å²) in [5.41, 5.74) is 0.755. The highest BCUT2D eigenvalue weighted by molar-refractivity contribution is 6.35. The van der Waals surface area contributed by atoms with Crippen molar-refractivity contribution in [3.05, 3.63) is 28.5 Å². The van der Waals surface area contributed by atoms with Crippen molar-refractivity contribution < 1.29 is 24.3 Å². The fraction of sp³-hybridized carbons (Fsp3) is 0.312. The number of fused-ring (bicyclic) bond motifs is 1. The molecule has 136 valence electrons. The summed E-state index contributed by atoms with van der Waals surface area (Å²) in [7, 11) is 0. The zero-order valence-corrected chi connectivity index (χ0v) is 14.5. The number of piperidine rings is 1. The molecule has 1 fully saturated rings. The van der Waals surface area contributed by atoms with E-state index in [1.807, 2.05) is 0 Å². The van der Waals surface area contributed by atoms with Crippen LogP contribution in [0.25, 0.3) is 11.0 Å². The van der Waals surface area contributed by atoms with E-state index in [0.29, 0.717) is 11.3 Å². The van der Waals surface area contributed by atoms with Gasteiger partial charge in [0.1, 0.15) is 23.9 Å². The van der Waals surface area contributed by atoms with Gasteiger partial charge < -0.3 is 15.0 Å². The van der Waals surface area contributed by atoms with Crippen molar-refractivity contribution in [2.75, 3.05) is 0 Å². The monoisotopic (exact) mass is 378 g/mol. The second-order valence-corrected chi connectivity index (χ2v) is 6.32. The van der Waals surface area contributed by atoms with E-state index in [1.165, 1.54) is 16.7 Å².